The minimum atomic E-state index is -0.0778. The van der Waals surface area contributed by atoms with Gasteiger partial charge < -0.3 is 10.1 Å². The SMILES string of the molecule is COc1ccc(C2CCCN2CC(=O)Nc2cc(C)nn2-c2nc(C)cc(C)n2)cc1. The Labute approximate surface area is 182 Å². The third-order valence-corrected chi connectivity index (χ3v) is 5.47. The number of rotatable bonds is 6. The number of nitrogens with zero attached hydrogens (tertiary/aromatic N) is 5. The Morgan fingerprint density at radius 1 is 1.10 bits per heavy atom. The molecule has 0 aliphatic carbocycles. The van der Waals surface area contributed by atoms with Gasteiger partial charge in [-0.3, -0.25) is 9.69 Å². The second-order valence-electron chi connectivity index (χ2n) is 7.98. The van der Waals surface area contributed by atoms with Crippen LogP contribution in [0.4, 0.5) is 5.82 Å². The van der Waals surface area contributed by atoms with Gasteiger partial charge in [-0.2, -0.15) is 9.78 Å². The average Bonchev–Trinajstić information content (AvgIpc) is 3.33. The van der Waals surface area contributed by atoms with Gasteiger partial charge in [-0.05, 0) is 63.9 Å². The Morgan fingerprint density at radius 3 is 2.48 bits per heavy atom. The second kappa shape index (κ2) is 8.85. The van der Waals surface area contributed by atoms with E-state index in [1.54, 1.807) is 11.8 Å². The summed E-state index contributed by atoms with van der Waals surface area (Å²) in [5, 5.41) is 7.48. The molecule has 1 fully saturated rings. The lowest BCUT2D eigenvalue weighted by Crippen LogP contribution is -2.33. The number of ether oxygens (including phenoxy) is 1. The summed E-state index contributed by atoms with van der Waals surface area (Å²) in [5.41, 5.74) is 3.70. The molecule has 0 saturated carbocycles. The third-order valence-electron chi connectivity index (χ3n) is 5.47. The fourth-order valence-corrected chi connectivity index (χ4v) is 4.13. The summed E-state index contributed by atoms with van der Waals surface area (Å²) < 4.78 is 6.85. The Kier molecular flexibility index (Phi) is 5.99. The Morgan fingerprint density at radius 2 is 1.81 bits per heavy atom. The third kappa shape index (κ3) is 4.74. The summed E-state index contributed by atoms with van der Waals surface area (Å²) in [4.78, 5) is 24.1. The Balaban J connectivity index is 1.48. The number of aromatic nitrogens is 4. The van der Waals surface area contributed by atoms with Gasteiger partial charge in [0.15, 0.2) is 0 Å². The molecule has 8 heteroatoms. The predicted octanol–water partition coefficient (Wildman–Crippen LogP) is 3.37. The van der Waals surface area contributed by atoms with Crippen LogP contribution in [0.3, 0.4) is 0 Å². The largest absolute Gasteiger partial charge is 0.497 e. The number of nitrogens with one attached hydrogen (secondary N) is 1. The zero-order valence-electron chi connectivity index (χ0n) is 18.4. The number of anilines is 1. The van der Waals surface area contributed by atoms with Gasteiger partial charge in [0.05, 0.1) is 19.3 Å². The molecule has 0 spiro atoms. The molecule has 1 saturated heterocycles. The quantitative estimate of drug-likeness (QED) is 0.658. The Hall–Kier alpha value is -3.26. The maximum Gasteiger partial charge on any atom is 0.252 e. The van der Waals surface area contributed by atoms with Crippen LogP contribution in [0, 0.1) is 20.8 Å². The highest BCUT2D eigenvalue weighted by Crippen LogP contribution is 2.32. The van der Waals surface area contributed by atoms with Crippen molar-refractivity contribution in [2.75, 3.05) is 25.5 Å². The standard InChI is InChI=1S/C23H28N6O2/c1-15-12-16(2)25-23(24-15)29-21(13-17(3)27-29)26-22(30)14-28-11-5-6-20(28)18-7-9-19(31-4)10-8-18/h7-10,12-13,20H,5-6,11,14H2,1-4H3,(H,26,30). The number of amides is 1. The summed E-state index contributed by atoms with van der Waals surface area (Å²) in [5.74, 6) is 1.79. The van der Waals surface area contributed by atoms with Crippen molar-refractivity contribution >= 4 is 11.7 Å². The number of aryl methyl sites for hydroxylation is 3. The van der Waals surface area contributed by atoms with Gasteiger partial charge in [-0.25, -0.2) is 9.97 Å². The summed E-state index contributed by atoms with van der Waals surface area (Å²) in [6.07, 6.45) is 2.10. The number of carbonyl (C=O) groups is 1. The molecule has 4 rings (SSSR count). The van der Waals surface area contributed by atoms with E-state index >= 15 is 0 Å². The topological polar surface area (TPSA) is 85.2 Å². The van der Waals surface area contributed by atoms with Gasteiger partial charge >= 0.3 is 0 Å². The van der Waals surface area contributed by atoms with Crippen molar-refractivity contribution < 1.29 is 9.53 Å². The smallest absolute Gasteiger partial charge is 0.252 e. The van der Waals surface area contributed by atoms with Gasteiger partial charge in [0.1, 0.15) is 11.6 Å². The first kappa shape index (κ1) is 21.0. The zero-order chi connectivity index (χ0) is 22.0. The fraction of sp³-hybridized carbons (Fsp3) is 0.391. The molecule has 1 aliphatic rings. The first-order valence-corrected chi connectivity index (χ1v) is 10.5. The Bertz CT molecular complexity index is 1060. The van der Waals surface area contributed by atoms with Crippen LogP contribution in [-0.4, -0.2) is 50.8 Å². The second-order valence-corrected chi connectivity index (χ2v) is 7.98. The van der Waals surface area contributed by atoms with Crippen LogP contribution >= 0.6 is 0 Å². The molecule has 162 valence electrons. The molecule has 1 unspecified atom stereocenters. The molecule has 1 N–H and O–H groups in total. The normalized spacial score (nSPS) is 16.5. The summed E-state index contributed by atoms with van der Waals surface area (Å²) in [6, 6.07) is 12.1. The highest BCUT2D eigenvalue weighted by molar-refractivity contribution is 5.91. The van der Waals surface area contributed by atoms with Gasteiger partial charge in [-0.15, -0.1) is 0 Å². The van der Waals surface area contributed by atoms with Crippen LogP contribution in [0.5, 0.6) is 5.75 Å². The highest BCUT2D eigenvalue weighted by Gasteiger charge is 2.28. The lowest BCUT2D eigenvalue weighted by atomic mass is 10.0. The maximum atomic E-state index is 12.9. The van der Waals surface area contributed by atoms with Gasteiger partial charge in [0.25, 0.3) is 5.95 Å². The fourth-order valence-electron chi connectivity index (χ4n) is 4.13. The van der Waals surface area contributed by atoms with Crippen LogP contribution in [-0.2, 0) is 4.79 Å². The average molecular weight is 421 g/mol. The van der Waals surface area contributed by atoms with E-state index in [9.17, 15) is 4.79 Å². The van der Waals surface area contributed by atoms with E-state index in [2.05, 4.69) is 37.4 Å². The van der Waals surface area contributed by atoms with Gasteiger partial charge in [-0.1, -0.05) is 12.1 Å². The molecule has 2 aromatic heterocycles. The first-order chi connectivity index (χ1) is 14.9. The minimum absolute atomic E-state index is 0.0778. The van der Waals surface area contributed by atoms with Crippen LogP contribution in [0.25, 0.3) is 5.95 Å². The van der Waals surface area contributed by atoms with Crippen molar-refractivity contribution in [2.24, 2.45) is 0 Å². The van der Waals surface area contributed by atoms with Crippen LogP contribution in [0.1, 0.15) is 41.5 Å². The molecule has 1 amide bonds. The van der Waals surface area contributed by atoms with Gasteiger partial charge in [0.2, 0.25) is 5.91 Å². The van der Waals surface area contributed by atoms with Crippen molar-refractivity contribution in [3.8, 4) is 11.7 Å². The number of methoxy groups -OCH3 is 1. The highest BCUT2D eigenvalue weighted by atomic mass is 16.5. The van der Waals surface area contributed by atoms with Crippen LogP contribution in [0.15, 0.2) is 36.4 Å². The number of hydrogen-bond acceptors (Lipinski definition) is 6. The van der Waals surface area contributed by atoms with Crippen molar-refractivity contribution in [1.82, 2.24) is 24.6 Å². The molecular weight excluding hydrogens is 392 g/mol. The number of likely N-dealkylation sites (tertiary alicyclic amines) is 1. The number of hydrogen-bond donors (Lipinski definition) is 1. The predicted molar refractivity (Wildman–Crippen MR) is 119 cm³/mol. The van der Waals surface area contributed by atoms with Crippen LogP contribution < -0.4 is 10.1 Å². The van der Waals surface area contributed by atoms with Crippen molar-refractivity contribution in [2.45, 2.75) is 39.7 Å². The lowest BCUT2D eigenvalue weighted by molar-refractivity contribution is -0.117. The van der Waals surface area contributed by atoms with E-state index < -0.39 is 0 Å². The summed E-state index contributed by atoms with van der Waals surface area (Å²) in [6.45, 7) is 6.92. The van der Waals surface area contributed by atoms with Crippen molar-refractivity contribution in [3.05, 3.63) is 59.0 Å². The summed E-state index contributed by atoms with van der Waals surface area (Å²) >= 11 is 0. The molecule has 0 radical (unpaired) electrons. The molecular formula is C23H28N6O2. The number of benzene rings is 1. The lowest BCUT2D eigenvalue weighted by Gasteiger charge is -2.24. The zero-order valence-corrected chi connectivity index (χ0v) is 18.4. The monoisotopic (exact) mass is 420 g/mol. The van der Waals surface area contributed by atoms with E-state index in [1.807, 2.05) is 45.0 Å². The molecule has 1 atom stereocenters. The molecule has 1 aromatic carbocycles. The van der Waals surface area contributed by atoms with E-state index in [0.717, 1.165) is 42.2 Å². The van der Waals surface area contributed by atoms with Gasteiger partial charge in [0, 0.05) is 23.5 Å². The van der Waals surface area contributed by atoms with E-state index in [1.165, 1.54) is 5.56 Å². The maximum absolute atomic E-state index is 12.9. The molecule has 1 aliphatic heterocycles. The first-order valence-electron chi connectivity index (χ1n) is 10.5. The number of carbonyl (C=O) groups excluding carboxylic acids is 1. The molecule has 3 heterocycles. The molecule has 31 heavy (non-hydrogen) atoms. The van der Waals surface area contributed by atoms with Crippen molar-refractivity contribution in [1.29, 1.82) is 0 Å². The minimum Gasteiger partial charge on any atom is -0.497 e. The van der Waals surface area contributed by atoms with E-state index in [4.69, 9.17) is 4.74 Å². The van der Waals surface area contributed by atoms with E-state index in [0.29, 0.717) is 18.3 Å². The molecule has 3 aromatic rings. The summed E-state index contributed by atoms with van der Waals surface area (Å²) in [7, 11) is 1.66. The van der Waals surface area contributed by atoms with E-state index in [-0.39, 0.29) is 11.9 Å². The molecule has 8 nitrogen and oxygen atoms in total. The molecule has 0 bridgehead atoms. The van der Waals surface area contributed by atoms with Crippen molar-refractivity contribution in [3.63, 3.8) is 0 Å². The van der Waals surface area contributed by atoms with Crippen LogP contribution in [0.2, 0.25) is 0 Å².